The Morgan fingerprint density at radius 2 is 2.00 bits per heavy atom. The molecule has 0 spiro atoms. The lowest BCUT2D eigenvalue weighted by Crippen LogP contribution is -2.64. The minimum absolute atomic E-state index is 0.0550. The normalized spacial score (nSPS) is 18.1. The van der Waals surface area contributed by atoms with Gasteiger partial charge in [0.1, 0.15) is 11.2 Å². The van der Waals surface area contributed by atoms with Crippen LogP contribution in [0.4, 0.5) is 5.69 Å². The third-order valence-corrected chi connectivity index (χ3v) is 5.49. The monoisotopic (exact) mass is 426 g/mol. The maximum atomic E-state index is 13.6. The highest BCUT2D eigenvalue weighted by Crippen LogP contribution is 2.34. The molecule has 8 nitrogen and oxygen atoms in total. The number of aromatic nitrogens is 2. The van der Waals surface area contributed by atoms with E-state index in [2.05, 4.69) is 24.3 Å². The fraction of sp³-hybridized carbons (Fsp3) is 0.478. The van der Waals surface area contributed by atoms with Gasteiger partial charge in [0.25, 0.3) is 5.91 Å². The minimum Gasteiger partial charge on any atom is -0.461 e. The molecule has 1 atom stereocenters. The number of esters is 1. The lowest BCUT2D eigenvalue weighted by molar-refractivity contribution is -0.126. The standard InChI is InChI=1S/C23H30N4O4/c1-6-31-21(29)17-13-19-20(28)27(18-10-8-7-9-16(18)4)23(5,14-26(19)25-17)22(30)24-12-11-15(2)3/h7-10,13,15H,6,11-12,14H2,1-5H3,(H,24,30). The first-order valence-electron chi connectivity index (χ1n) is 10.6. The Balaban J connectivity index is 2.05. The summed E-state index contributed by atoms with van der Waals surface area (Å²) in [5.74, 6) is -0.796. The van der Waals surface area contributed by atoms with Crippen molar-refractivity contribution in [3.63, 3.8) is 0 Å². The van der Waals surface area contributed by atoms with E-state index in [1.165, 1.54) is 15.6 Å². The van der Waals surface area contributed by atoms with Crippen LogP contribution in [-0.2, 0) is 16.1 Å². The number of ether oxygens (including phenoxy) is 1. The van der Waals surface area contributed by atoms with E-state index in [4.69, 9.17) is 4.74 Å². The number of carbonyl (C=O) groups excluding carboxylic acids is 3. The summed E-state index contributed by atoms with van der Waals surface area (Å²) < 4.78 is 6.46. The number of fused-ring (bicyclic) bond motifs is 1. The van der Waals surface area contributed by atoms with Crippen molar-refractivity contribution in [1.82, 2.24) is 15.1 Å². The quantitative estimate of drug-likeness (QED) is 0.687. The first kappa shape index (κ1) is 22.5. The smallest absolute Gasteiger partial charge is 0.358 e. The maximum Gasteiger partial charge on any atom is 0.358 e. The van der Waals surface area contributed by atoms with Crippen LogP contribution in [0.2, 0.25) is 0 Å². The number of carbonyl (C=O) groups is 3. The molecule has 0 radical (unpaired) electrons. The molecule has 2 heterocycles. The molecule has 31 heavy (non-hydrogen) atoms. The Morgan fingerprint density at radius 3 is 2.65 bits per heavy atom. The van der Waals surface area contributed by atoms with Gasteiger partial charge in [-0.1, -0.05) is 32.0 Å². The van der Waals surface area contributed by atoms with Crippen LogP contribution in [0.5, 0.6) is 0 Å². The molecule has 0 bridgehead atoms. The molecule has 0 aliphatic carbocycles. The van der Waals surface area contributed by atoms with E-state index in [1.54, 1.807) is 13.8 Å². The molecule has 0 fully saturated rings. The summed E-state index contributed by atoms with van der Waals surface area (Å²) in [7, 11) is 0. The second-order valence-electron chi connectivity index (χ2n) is 8.43. The molecular formula is C23H30N4O4. The number of hydrogen-bond acceptors (Lipinski definition) is 5. The average molecular weight is 427 g/mol. The van der Waals surface area contributed by atoms with Gasteiger partial charge >= 0.3 is 5.97 Å². The summed E-state index contributed by atoms with van der Waals surface area (Å²) >= 11 is 0. The predicted molar refractivity (Wildman–Crippen MR) is 117 cm³/mol. The largest absolute Gasteiger partial charge is 0.461 e. The molecule has 3 rings (SSSR count). The van der Waals surface area contributed by atoms with Gasteiger partial charge in [-0.25, -0.2) is 4.79 Å². The molecule has 8 heteroatoms. The molecule has 1 aromatic heterocycles. The van der Waals surface area contributed by atoms with Crippen molar-refractivity contribution in [2.75, 3.05) is 18.1 Å². The van der Waals surface area contributed by atoms with Gasteiger partial charge in [-0.15, -0.1) is 0 Å². The molecule has 1 aromatic carbocycles. The number of rotatable bonds is 7. The van der Waals surface area contributed by atoms with Gasteiger partial charge in [0.05, 0.1) is 13.2 Å². The van der Waals surface area contributed by atoms with Gasteiger partial charge in [0.15, 0.2) is 5.69 Å². The second-order valence-corrected chi connectivity index (χ2v) is 8.43. The van der Waals surface area contributed by atoms with Gasteiger partial charge in [0, 0.05) is 18.3 Å². The van der Waals surface area contributed by atoms with Crippen molar-refractivity contribution in [3.8, 4) is 0 Å². The number of aryl methyl sites for hydroxylation is 1. The minimum atomic E-state index is -1.22. The summed E-state index contributed by atoms with van der Waals surface area (Å²) in [4.78, 5) is 40.7. The molecule has 2 aromatic rings. The number of amides is 2. The molecule has 1 unspecified atom stereocenters. The van der Waals surface area contributed by atoms with E-state index in [0.717, 1.165) is 12.0 Å². The molecule has 2 amide bonds. The van der Waals surface area contributed by atoms with E-state index in [-0.39, 0.29) is 36.4 Å². The van der Waals surface area contributed by atoms with Crippen LogP contribution in [0, 0.1) is 12.8 Å². The van der Waals surface area contributed by atoms with E-state index in [1.807, 2.05) is 31.2 Å². The maximum absolute atomic E-state index is 13.6. The zero-order valence-electron chi connectivity index (χ0n) is 18.8. The van der Waals surface area contributed by atoms with Crippen LogP contribution in [0.3, 0.4) is 0 Å². The number of para-hydroxylation sites is 1. The first-order chi connectivity index (χ1) is 14.7. The van der Waals surface area contributed by atoms with Gasteiger partial charge in [-0.05, 0) is 44.7 Å². The van der Waals surface area contributed by atoms with Crippen LogP contribution >= 0.6 is 0 Å². The van der Waals surface area contributed by atoms with E-state index >= 15 is 0 Å². The highest BCUT2D eigenvalue weighted by molar-refractivity contribution is 6.12. The van der Waals surface area contributed by atoms with Crippen molar-refractivity contribution in [3.05, 3.63) is 47.3 Å². The van der Waals surface area contributed by atoms with Crippen LogP contribution in [-0.4, -0.2) is 46.3 Å². The third kappa shape index (κ3) is 4.33. The summed E-state index contributed by atoms with van der Waals surface area (Å²) in [6.07, 6.45) is 0.833. The Kier molecular flexibility index (Phi) is 6.48. The highest BCUT2D eigenvalue weighted by atomic mass is 16.5. The van der Waals surface area contributed by atoms with Crippen molar-refractivity contribution in [1.29, 1.82) is 0 Å². The number of nitrogens with one attached hydrogen (secondary N) is 1. The molecule has 1 aliphatic heterocycles. The number of nitrogens with zero attached hydrogens (tertiary/aromatic N) is 3. The van der Waals surface area contributed by atoms with Gasteiger partial charge < -0.3 is 10.1 Å². The van der Waals surface area contributed by atoms with Crippen molar-refractivity contribution < 1.29 is 19.1 Å². The Labute approximate surface area is 182 Å². The molecule has 0 saturated carbocycles. The Hall–Kier alpha value is -3.16. The fourth-order valence-corrected chi connectivity index (χ4v) is 3.74. The summed E-state index contributed by atoms with van der Waals surface area (Å²) in [5, 5.41) is 7.25. The summed E-state index contributed by atoms with van der Waals surface area (Å²) in [6, 6.07) is 8.88. The predicted octanol–water partition coefficient (Wildman–Crippen LogP) is 2.95. The lowest BCUT2D eigenvalue weighted by Gasteiger charge is -2.43. The number of benzene rings is 1. The molecular weight excluding hydrogens is 396 g/mol. The topological polar surface area (TPSA) is 93.5 Å². The SMILES string of the molecule is CCOC(=O)c1cc2n(n1)CC(C)(C(=O)NCCC(C)C)N(c1ccccc1C)C2=O. The lowest BCUT2D eigenvalue weighted by atomic mass is 9.93. The van der Waals surface area contributed by atoms with Gasteiger partial charge in [0.2, 0.25) is 5.91 Å². The van der Waals surface area contributed by atoms with Crippen LogP contribution in [0.25, 0.3) is 0 Å². The number of anilines is 1. The van der Waals surface area contributed by atoms with E-state index in [0.29, 0.717) is 18.2 Å². The summed E-state index contributed by atoms with van der Waals surface area (Å²) in [5.41, 5.74) is 0.610. The molecule has 1 N–H and O–H groups in total. The van der Waals surface area contributed by atoms with Crippen LogP contribution < -0.4 is 10.2 Å². The van der Waals surface area contributed by atoms with E-state index < -0.39 is 11.5 Å². The third-order valence-electron chi connectivity index (χ3n) is 5.49. The second kappa shape index (κ2) is 8.91. The first-order valence-corrected chi connectivity index (χ1v) is 10.6. The highest BCUT2D eigenvalue weighted by Gasteiger charge is 2.49. The van der Waals surface area contributed by atoms with Crippen LogP contribution in [0.15, 0.2) is 30.3 Å². The van der Waals surface area contributed by atoms with Gasteiger partial charge in [-0.3, -0.25) is 19.2 Å². The molecule has 1 aliphatic rings. The van der Waals surface area contributed by atoms with Crippen molar-refractivity contribution >= 4 is 23.5 Å². The summed E-state index contributed by atoms with van der Waals surface area (Å²) in [6.45, 7) is 10.4. The molecule has 166 valence electrons. The fourth-order valence-electron chi connectivity index (χ4n) is 3.74. The average Bonchev–Trinajstić information content (AvgIpc) is 3.13. The zero-order chi connectivity index (χ0) is 22.8. The zero-order valence-corrected chi connectivity index (χ0v) is 18.8. The van der Waals surface area contributed by atoms with Crippen molar-refractivity contribution in [2.45, 2.75) is 53.1 Å². The Morgan fingerprint density at radius 1 is 1.29 bits per heavy atom. The Bertz CT molecular complexity index is 997. The number of hydrogen-bond donors (Lipinski definition) is 1. The van der Waals surface area contributed by atoms with Gasteiger partial charge in [-0.2, -0.15) is 5.10 Å². The van der Waals surface area contributed by atoms with Crippen LogP contribution in [0.1, 0.15) is 60.7 Å². The van der Waals surface area contributed by atoms with E-state index in [9.17, 15) is 14.4 Å². The van der Waals surface area contributed by atoms with Crippen molar-refractivity contribution in [2.24, 2.45) is 5.92 Å². The molecule has 0 saturated heterocycles.